The predicted octanol–water partition coefficient (Wildman–Crippen LogP) is 4.27. The van der Waals surface area contributed by atoms with Gasteiger partial charge in [0.2, 0.25) is 15.8 Å². The fraction of sp³-hybridized carbons (Fsp3) is 0.333. The number of rotatable bonds is 6. The Hall–Kier alpha value is -2.97. The van der Waals surface area contributed by atoms with E-state index in [-0.39, 0.29) is 16.6 Å². The second kappa shape index (κ2) is 8.88. The van der Waals surface area contributed by atoms with Crippen molar-refractivity contribution >= 4 is 21.6 Å². The first-order valence-electron chi connectivity index (χ1n) is 10.8. The summed E-state index contributed by atoms with van der Waals surface area (Å²) in [5, 5.41) is 4.07. The molecule has 168 valence electrons. The van der Waals surface area contributed by atoms with Gasteiger partial charge in [0.25, 0.3) is 5.91 Å². The molecule has 0 bridgehead atoms. The lowest BCUT2D eigenvalue weighted by Crippen LogP contribution is -2.35. The highest BCUT2D eigenvalue weighted by Gasteiger charge is 2.29. The zero-order chi connectivity index (χ0) is 22.9. The number of hydrogen-bond donors (Lipinski definition) is 0. The third-order valence-electron chi connectivity index (χ3n) is 5.83. The van der Waals surface area contributed by atoms with E-state index in [1.54, 1.807) is 29.2 Å². The molecular weight excluding hydrogens is 426 g/mol. The minimum atomic E-state index is -3.55. The first-order valence-corrected chi connectivity index (χ1v) is 12.3. The SMILES string of the molecule is CCN(CC)S(=O)(=O)c1ccc2c(c1)CCCN2C(=O)c1cc(-c2ccc(C)cc2)no1. The highest BCUT2D eigenvalue weighted by Crippen LogP contribution is 2.32. The van der Waals surface area contributed by atoms with E-state index in [0.29, 0.717) is 37.4 Å². The van der Waals surface area contributed by atoms with E-state index < -0.39 is 10.0 Å². The molecule has 0 aliphatic carbocycles. The fourth-order valence-electron chi connectivity index (χ4n) is 4.03. The van der Waals surface area contributed by atoms with Crippen LogP contribution in [0, 0.1) is 6.92 Å². The molecule has 32 heavy (non-hydrogen) atoms. The van der Waals surface area contributed by atoms with Crippen LogP contribution in [0.3, 0.4) is 0 Å². The lowest BCUT2D eigenvalue weighted by atomic mass is 10.0. The summed E-state index contributed by atoms with van der Waals surface area (Å²) in [5.41, 5.74) is 4.18. The number of hydrogen-bond acceptors (Lipinski definition) is 5. The molecule has 1 aliphatic rings. The van der Waals surface area contributed by atoms with Gasteiger partial charge in [0.1, 0.15) is 5.69 Å². The number of benzene rings is 2. The van der Waals surface area contributed by atoms with Gasteiger partial charge in [0.15, 0.2) is 0 Å². The van der Waals surface area contributed by atoms with Crippen LogP contribution in [0.1, 0.15) is 41.9 Å². The van der Waals surface area contributed by atoms with Crippen molar-refractivity contribution in [2.24, 2.45) is 0 Å². The first kappa shape index (κ1) is 22.2. The second-order valence-corrected chi connectivity index (χ2v) is 9.82. The number of sulfonamides is 1. The van der Waals surface area contributed by atoms with E-state index in [0.717, 1.165) is 23.1 Å². The summed E-state index contributed by atoms with van der Waals surface area (Å²) in [4.78, 5) is 15.1. The van der Waals surface area contributed by atoms with Crippen LogP contribution in [0.5, 0.6) is 0 Å². The van der Waals surface area contributed by atoms with Gasteiger partial charge >= 0.3 is 0 Å². The standard InChI is InChI=1S/C24H27N3O4S/c1-4-26(5-2)32(29,30)20-12-13-22-19(15-20)7-6-14-27(22)24(28)23-16-21(25-31-23)18-10-8-17(3)9-11-18/h8-13,15-16H,4-7,14H2,1-3H3. The minimum Gasteiger partial charge on any atom is -0.350 e. The fourth-order valence-corrected chi connectivity index (χ4v) is 5.54. The molecular formula is C24H27N3O4S. The van der Waals surface area contributed by atoms with Crippen LogP contribution in [-0.4, -0.2) is 43.4 Å². The van der Waals surface area contributed by atoms with Crippen molar-refractivity contribution in [2.75, 3.05) is 24.5 Å². The average molecular weight is 454 g/mol. The van der Waals surface area contributed by atoms with Crippen LogP contribution in [0.2, 0.25) is 0 Å². The van der Waals surface area contributed by atoms with E-state index in [4.69, 9.17) is 4.52 Å². The highest BCUT2D eigenvalue weighted by molar-refractivity contribution is 7.89. The molecule has 8 heteroatoms. The molecule has 0 spiro atoms. The van der Waals surface area contributed by atoms with Gasteiger partial charge in [0, 0.05) is 37.0 Å². The smallest absolute Gasteiger partial charge is 0.296 e. The van der Waals surface area contributed by atoms with Crippen molar-refractivity contribution in [3.8, 4) is 11.3 Å². The Labute approximate surface area is 188 Å². The number of carbonyl (C=O) groups is 1. The Morgan fingerprint density at radius 1 is 1.09 bits per heavy atom. The second-order valence-electron chi connectivity index (χ2n) is 7.88. The van der Waals surface area contributed by atoms with Gasteiger partial charge in [-0.15, -0.1) is 0 Å². The van der Waals surface area contributed by atoms with Crippen molar-refractivity contribution < 1.29 is 17.7 Å². The third kappa shape index (κ3) is 4.08. The Morgan fingerprint density at radius 2 is 1.81 bits per heavy atom. The summed E-state index contributed by atoms with van der Waals surface area (Å²) in [5.74, 6) is -0.121. The molecule has 2 aromatic carbocycles. The molecule has 0 radical (unpaired) electrons. The molecule has 0 saturated heterocycles. The van der Waals surface area contributed by atoms with Crippen LogP contribution < -0.4 is 4.90 Å². The number of amides is 1. The van der Waals surface area contributed by atoms with Gasteiger partial charge in [-0.1, -0.05) is 48.8 Å². The zero-order valence-corrected chi connectivity index (χ0v) is 19.4. The predicted molar refractivity (Wildman–Crippen MR) is 123 cm³/mol. The molecule has 0 atom stereocenters. The largest absolute Gasteiger partial charge is 0.350 e. The van der Waals surface area contributed by atoms with E-state index in [2.05, 4.69) is 5.16 Å². The quantitative estimate of drug-likeness (QED) is 0.556. The normalized spacial score (nSPS) is 13.9. The molecule has 1 aromatic heterocycles. The molecule has 0 unspecified atom stereocenters. The van der Waals surface area contributed by atoms with Crippen molar-refractivity contribution in [1.82, 2.24) is 9.46 Å². The average Bonchev–Trinajstić information content (AvgIpc) is 3.29. The van der Waals surface area contributed by atoms with Gasteiger partial charge in [-0.25, -0.2) is 8.42 Å². The summed E-state index contributed by atoms with van der Waals surface area (Å²) < 4.78 is 32.6. The summed E-state index contributed by atoms with van der Waals surface area (Å²) in [6.07, 6.45) is 1.46. The lowest BCUT2D eigenvalue weighted by Gasteiger charge is -2.29. The van der Waals surface area contributed by atoms with Crippen molar-refractivity contribution in [1.29, 1.82) is 0 Å². The summed E-state index contributed by atoms with van der Waals surface area (Å²) in [6.45, 7) is 7.01. The highest BCUT2D eigenvalue weighted by atomic mass is 32.2. The van der Waals surface area contributed by atoms with Crippen LogP contribution in [0.25, 0.3) is 11.3 Å². The third-order valence-corrected chi connectivity index (χ3v) is 7.87. The van der Waals surface area contributed by atoms with Crippen molar-refractivity contribution in [3.63, 3.8) is 0 Å². The van der Waals surface area contributed by atoms with Crippen LogP contribution in [-0.2, 0) is 16.4 Å². The van der Waals surface area contributed by atoms with E-state index >= 15 is 0 Å². The Kier molecular flexibility index (Phi) is 6.17. The molecule has 4 rings (SSSR count). The van der Waals surface area contributed by atoms with E-state index in [9.17, 15) is 13.2 Å². The maximum Gasteiger partial charge on any atom is 0.296 e. The van der Waals surface area contributed by atoms with E-state index in [1.807, 2.05) is 45.0 Å². The Morgan fingerprint density at radius 3 is 2.50 bits per heavy atom. The Bertz CT molecular complexity index is 1230. The van der Waals surface area contributed by atoms with Gasteiger partial charge in [-0.05, 0) is 43.5 Å². The van der Waals surface area contributed by atoms with Crippen LogP contribution in [0.4, 0.5) is 5.69 Å². The molecule has 2 heterocycles. The number of nitrogens with zero attached hydrogens (tertiary/aromatic N) is 3. The van der Waals surface area contributed by atoms with Gasteiger partial charge in [-0.3, -0.25) is 4.79 Å². The maximum absolute atomic E-state index is 13.2. The molecule has 0 fully saturated rings. The molecule has 3 aromatic rings. The van der Waals surface area contributed by atoms with Crippen molar-refractivity contribution in [2.45, 2.75) is 38.5 Å². The summed E-state index contributed by atoms with van der Waals surface area (Å²) >= 11 is 0. The summed E-state index contributed by atoms with van der Waals surface area (Å²) in [7, 11) is -3.55. The Balaban J connectivity index is 1.62. The number of anilines is 1. The van der Waals surface area contributed by atoms with Gasteiger partial charge < -0.3 is 9.42 Å². The number of aromatic nitrogens is 1. The number of carbonyl (C=O) groups excluding carboxylic acids is 1. The van der Waals surface area contributed by atoms with Gasteiger partial charge in [-0.2, -0.15) is 4.31 Å². The number of aryl methyl sites for hydroxylation is 2. The van der Waals surface area contributed by atoms with Crippen LogP contribution >= 0.6 is 0 Å². The maximum atomic E-state index is 13.2. The van der Waals surface area contributed by atoms with E-state index in [1.165, 1.54) is 4.31 Å². The van der Waals surface area contributed by atoms with Gasteiger partial charge in [0.05, 0.1) is 4.90 Å². The molecule has 1 amide bonds. The molecule has 0 N–H and O–H groups in total. The zero-order valence-electron chi connectivity index (χ0n) is 18.5. The monoisotopic (exact) mass is 453 g/mol. The molecule has 0 saturated carbocycles. The van der Waals surface area contributed by atoms with Crippen molar-refractivity contribution in [3.05, 3.63) is 65.4 Å². The summed E-state index contributed by atoms with van der Waals surface area (Å²) in [6, 6.07) is 14.5. The molecule has 7 nitrogen and oxygen atoms in total. The molecule has 1 aliphatic heterocycles. The number of fused-ring (bicyclic) bond motifs is 1. The lowest BCUT2D eigenvalue weighted by molar-refractivity contribution is 0.0949. The topological polar surface area (TPSA) is 83.7 Å². The first-order chi connectivity index (χ1) is 15.3. The minimum absolute atomic E-state index is 0.160. The van der Waals surface area contributed by atoms with Crippen LogP contribution in [0.15, 0.2) is 57.9 Å².